The molecule has 3 N–H and O–H groups in total. The molecular weight excluding hydrogens is 370 g/mol. The molecule has 0 radical (unpaired) electrons. The van der Waals surface area contributed by atoms with Gasteiger partial charge in [-0.2, -0.15) is 0 Å². The zero-order valence-electron chi connectivity index (χ0n) is 15.3. The zero-order valence-corrected chi connectivity index (χ0v) is 16.9. The molecule has 26 heavy (non-hydrogen) atoms. The van der Waals surface area contributed by atoms with Crippen molar-refractivity contribution in [1.82, 2.24) is 15.5 Å². The minimum Gasteiger partial charge on any atom is -0.360 e. The van der Waals surface area contributed by atoms with Crippen molar-refractivity contribution in [3.05, 3.63) is 29.3 Å². The van der Waals surface area contributed by atoms with E-state index in [0.717, 1.165) is 22.8 Å². The van der Waals surface area contributed by atoms with Crippen LogP contribution in [0.15, 0.2) is 22.5 Å². The molecule has 0 aliphatic heterocycles. The number of aryl methyl sites for hydroxylation is 2. The second kappa shape index (κ2) is 9.54. The van der Waals surface area contributed by atoms with Gasteiger partial charge in [-0.05, 0) is 43.0 Å². The molecular formula is C17H23N5O2S2. The number of nitrogens with zero attached hydrogens (tertiary/aromatic N) is 2. The van der Waals surface area contributed by atoms with Crippen molar-refractivity contribution in [3.63, 3.8) is 0 Å². The molecule has 2 rings (SSSR count). The standard InChI is InChI=1S/C17H23N5O2S2/c1-10(2)8-18-16-21-22-17(26-16)25-9-14(23)20-15(24)19-13-6-5-11(3)12(4)7-13/h5-7,10H,8-9H2,1-4H3,(H,18,21)(H2,19,20,23,24). The summed E-state index contributed by atoms with van der Waals surface area (Å²) in [6.07, 6.45) is 0. The van der Waals surface area contributed by atoms with Gasteiger partial charge in [0.2, 0.25) is 11.0 Å². The van der Waals surface area contributed by atoms with Crippen LogP contribution in [0.2, 0.25) is 0 Å². The van der Waals surface area contributed by atoms with Gasteiger partial charge in [-0.25, -0.2) is 4.79 Å². The van der Waals surface area contributed by atoms with E-state index in [4.69, 9.17) is 0 Å². The highest BCUT2D eigenvalue weighted by molar-refractivity contribution is 8.01. The number of amides is 3. The van der Waals surface area contributed by atoms with Crippen molar-refractivity contribution < 1.29 is 9.59 Å². The second-order valence-corrected chi connectivity index (χ2v) is 8.44. The molecule has 1 aromatic carbocycles. The van der Waals surface area contributed by atoms with Crippen LogP contribution >= 0.6 is 23.1 Å². The molecule has 0 bridgehead atoms. The molecule has 0 saturated carbocycles. The lowest BCUT2D eigenvalue weighted by atomic mass is 10.1. The van der Waals surface area contributed by atoms with Gasteiger partial charge in [0.25, 0.3) is 0 Å². The van der Waals surface area contributed by atoms with Crippen LogP contribution in [0.25, 0.3) is 0 Å². The second-order valence-electron chi connectivity index (χ2n) is 6.24. The number of urea groups is 1. The number of carbonyl (C=O) groups excluding carboxylic acids is 2. The summed E-state index contributed by atoms with van der Waals surface area (Å²) in [6.45, 7) is 9.00. The van der Waals surface area contributed by atoms with Crippen molar-refractivity contribution in [3.8, 4) is 0 Å². The first-order chi connectivity index (χ1) is 12.3. The number of benzene rings is 1. The van der Waals surface area contributed by atoms with E-state index in [0.29, 0.717) is 15.9 Å². The number of anilines is 2. The maximum atomic E-state index is 11.9. The van der Waals surface area contributed by atoms with E-state index in [2.05, 4.69) is 40.0 Å². The molecule has 7 nitrogen and oxygen atoms in total. The van der Waals surface area contributed by atoms with Crippen LogP contribution < -0.4 is 16.0 Å². The van der Waals surface area contributed by atoms with E-state index in [1.165, 1.54) is 23.1 Å². The van der Waals surface area contributed by atoms with Crippen molar-refractivity contribution in [2.75, 3.05) is 22.9 Å². The highest BCUT2D eigenvalue weighted by Crippen LogP contribution is 2.25. The van der Waals surface area contributed by atoms with Crippen LogP contribution in [0.1, 0.15) is 25.0 Å². The molecule has 1 aromatic heterocycles. The Balaban J connectivity index is 1.75. The van der Waals surface area contributed by atoms with E-state index in [1.54, 1.807) is 6.07 Å². The highest BCUT2D eigenvalue weighted by atomic mass is 32.2. The smallest absolute Gasteiger partial charge is 0.325 e. The maximum Gasteiger partial charge on any atom is 0.325 e. The van der Waals surface area contributed by atoms with E-state index in [-0.39, 0.29) is 11.7 Å². The summed E-state index contributed by atoms with van der Waals surface area (Å²) in [4.78, 5) is 23.8. The molecule has 2 aromatic rings. The Morgan fingerprint density at radius 1 is 1.19 bits per heavy atom. The summed E-state index contributed by atoms with van der Waals surface area (Å²) >= 11 is 2.64. The van der Waals surface area contributed by atoms with E-state index < -0.39 is 6.03 Å². The van der Waals surface area contributed by atoms with Gasteiger partial charge < -0.3 is 10.6 Å². The summed E-state index contributed by atoms with van der Waals surface area (Å²) in [7, 11) is 0. The SMILES string of the molecule is Cc1ccc(NC(=O)NC(=O)CSc2nnc(NCC(C)C)s2)cc1C. The number of aromatic nitrogens is 2. The van der Waals surface area contributed by atoms with Gasteiger partial charge in [-0.15, -0.1) is 10.2 Å². The summed E-state index contributed by atoms with van der Waals surface area (Å²) in [5, 5.41) is 16.9. The predicted molar refractivity (Wildman–Crippen MR) is 107 cm³/mol. The monoisotopic (exact) mass is 393 g/mol. The highest BCUT2D eigenvalue weighted by Gasteiger charge is 2.11. The first-order valence-electron chi connectivity index (χ1n) is 8.21. The Morgan fingerprint density at radius 3 is 2.65 bits per heavy atom. The number of hydrogen-bond acceptors (Lipinski definition) is 7. The van der Waals surface area contributed by atoms with Gasteiger partial charge in [0.1, 0.15) is 0 Å². The van der Waals surface area contributed by atoms with Crippen LogP contribution in [-0.4, -0.2) is 34.4 Å². The van der Waals surface area contributed by atoms with Gasteiger partial charge in [0.15, 0.2) is 4.34 Å². The van der Waals surface area contributed by atoms with Gasteiger partial charge in [-0.1, -0.05) is 43.0 Å². The Labute approximate surface area is 161 Å². The quantitative estimate of drug-likeness (QED) is 0.621. The molecule has 140 valence electrons. The molecule has 0 spiro atoms. The Hall–Kier alpha value is -2.13. The molecule has 0 aliphatic carbocycles. The lowest BCUT2D eigenvalue weighted by molar-refractivity contribution is -0.117. The first kappa shape index (κ1) is 20.2. The minimum atomic E-state index is -0.546. The molecule has 0 fully saturated rings. The fourth-order valence-corrected chi connectivity index (χ4v) is 3.46. The van der Waals surface area contributed by atoms with Gasteiger partial charge in [0.05, 0.1) is 5.75 Å². The molecule has 0 unspecified atom stereocenters. The van der Waals surface area contributed by atoms with Gasteiger partial charge in [-0.3, -0.25) is 10.1 Å². The first-order valence-corrected chi connectivity index (χ1v) is 10.0. The lowest BCUT2D eigenvalue weighted by Gasteiger charge is -2.08. The number of imide groups is 1. The molecule has 1 heterocycles. The number of nitrogens with one attached hydrogen (secondary N) is 3. The number of hydrogen-bond donors (Lipinski definition) is 3. The normalized spacial score (nSPS) is 10.7. The van der Waals surface area contributed by atoms with Crippen LogP contribution in [0.3, 0.4) is 0 Å². The molecule has 0 aliphatic rings. The molecule has 0 atom stereocenters. The number of carbonyl (C=O) groups is 2. The van der Waals surface area contributed by atoms with E-state index >= 15 is 0 Å². The molecule has 9 heteroatoms. The fourth-order valence-electron chi connectivity index (χ4n) is 1.90. The lowest BCUT2D eigenvalue weighted by Crippen LogP contribution is -2.35. The van der Waals surface area contributed by atoms with Crippen molar-refractivity contribution in [2.24, 2.45) is 5.92 Å². The largest absolute Gasteiger partial charge is 0.360 e. The minimum absolute atomic E-state index is 0.0964. The third-order valence-electron chi connectivity index (χ3n) is 3.41. The van der Waals surface area contributed by atoms with Gasteiger partial charge in [0, 0.05) is 12.2 Å². The molecule has 0 saturated heterocycles. The van der Waals surface area contributed by atoms with Crippen LogP contribution in [0, 0.1) is 19.8 Å². The average Bonchev–Trinajstić information content (AvgIpc) is 3.02. The summed E-state index contributed by atoms with van der Waals surface area (Å²) in [5.41, 5.74) is 2.86. The summed E-state index contributed by atoms with van der Waals surface area (Å²) in [5.74, 6) is 0.221. The van der Waals surface area contributed by atoms with Crippen molar-refractivity contribution in [2.45, 2.75) is 32.0 Å². The van der Waals surface area contributed by atoms with Crippen LogP contribution in [0.4, 0.5) is 15.6 Å². The van der Waals surface area contributed by atoms with Crippen LogP contribution in [-0.2, 0) is 4.79 Å². The Kier molecular flexibility index (Phi) is 7.40. The third kappa shape index (κ3) is 6.64. The van der Waals surface area contributed by atoms with Crippen LogP contribution in [0.5, 0.6) is 0 Å². The number of thioether (sulfide) groups is 1. The van der Waals surface area contributed by atoms with E-state index in [9.17, 15) is 9.59 Å². The van der Waals surface area contributed by atoms with Crippen molar-refractivity contribution in [1.29, 1.82) is 0 Å². The third-order valence-corrected chi connectivity index (χ3v) is 5.43. The fraction of sp³-hybridized carbons (Fsp3) is 0.412. The topological polar surface area (TPSA) is 96.0 Å². The van der Waals surface area contributed by atoms with E-state index in [1.807, 2.05) is 26.0 Å². The summed E-state index contributed by atoms with van der Waals surface area (Å²) in [6, 6.07) is 5.04. The number of rotatable bonds is 7. The predicted octanol–water partition coefficient (Wildman–Crippen LogP) is 3.66. The Morgan fingerprint density at radius 2 is 1.96 bits per heavy atom. The van der Waals surface area contributed by atoms with Crippen molar-refractivity contribution >= 4 is 45.9 Å². The van der Waals surface area contributed by atoms with Gasteiger partial charge >= 0.3 is 6.03 Å². The average molecular weight is 394 g/mol. The molecule has 3 amide bonds. The summed E-state index contributed by atoms with van der Waals surface area (Å²) < 4.78 is 0.681. The Bertz CT molecular complexity index is 776. The zero-order chi connectivity index (χ0) is 19.1. The maximum absolute atomic E-state index is 11.9.